The minimum atomic E-state index is -3.08. The first-order chi connectivity index (χ1) is 29.9. The molecule has 6 heterocycles. The van der Waals surface area contributed by atoms with Crippen LogP contribution in [-0.2, 0) is 39.5 Å². The fourth-order valence-electron chi connectivity index (χ4n) is 9.67. The number of benzene rings is 2. The van der Waals surface area contributed by atoms with E-state index in [1.54, 1.807) is 11.3 Å². The molecule has 0 radical (unpaired) electrons. The summed E-state index contributed by atoms with van der Waals surface area (Å²) >= 11 is 3.55. The Balaban J connectivity index is 0.000000163. The molecule has 11 nitrogen and oxygen atoms in total. The Hall–Kier alpha value is -2.71. The number of hydrogen-bond acceptors (Lipinski definition) is 13. The number of rotatable bonds is 14. The van der Waals surface area contributed by atoms with Gasteiger partial charge in [-0.15, -0.1) is 22.7 Å². The number of thiazole rings is 2. The second kappa shape index (κ2) is 20.4. The highest BCUT2D eigenvalue weighted by Gasteiger charge is 2.37. The lowest BCUT2D eigenvalue weighted by Gasteiger charge is -2.44. The van der Waals surface area contributed by atoms with Crippen molar-refractivity contribution >= 4 is 30.3 Å². The Kier molecular flexibility index (Phi) is 14.6. The molecule has 330 valence electrons. The van der Waals surface area contributed by atoms with Crippen molar-refractivity contribution in [3.8, 4) is 32.6 Å². The summed E-state index contributed by atoms with van der Waals surface area (Å²) in [6.07, 6.45) is 15.9. The molecular weight excluding hydrogens is 824 g/mol. The van der Waals surface area contributed by atoms with Gasteiger partial charge in [0.25, 0.3) is 0 Å². The topological polar surface area (TPSA) is 102 Å². The summed E-state index contributed by atoms with van der Waals surface area (Å²) in [5.74, 6) is 1.95. The van der Waals surface area contributed by atoms with Crippen LogP contribution < -0.4 is 14.8 Å². The molecule has 2 aliphatic carbocycles. The summed E-state index contributed by atoms with van der Waals surface area (Å²) in [4.78, 5) is 19.9. The van der Waals surface area contributed by atoms with Crippen LogP contribution in [0.5, 0.6) is 11.5 Å². The first kappa shape index (κ1) is 43.5. The van der Waals surface area contributed by atoms with Crippen molar-refractivity contribution in [3.63, 3.8) is 0 Å². The number of likely N-dealkylation sites (tertiary alicyclic amines) is 2. The van der Waals surface area contributed by atoms with E-state index in [0.717, 1.165) is 96.7 Å². The molecule has 4 aromatic rings. The van der Waals surface area contributed by atoms with Gasteiger partial charge in [-0.2, -0.15) is 0 Å². The lowest BCUT2D eigenvalue weighted by atomic mass is 9.86. The molecule has 14 heteroatoms. The average molecular weight is 889 g/mol. The van der Waals surface area contributed by atoms with E-state index in [-0.39, 0.29) is 0 Å². The van der Waals surface area contributed by atoms with Gasteiger partial charge in [-0.25, -0.2) is 9.97 Å². The van der Waals surface area contributed by atoms with Crippen LogP contribution in [-0.4, -0.2) is 108 Å². The van der Waals surface area contributed by atoms with Gasteiger partial charge in [0.2, 0.25) is 0 Å². The quantitative estimate of drug-likeness (QED) is 0.123. The second-order valence-electron chi connectivity index (χ2n) is 17.6. The predicted molar refractivity (Wildman–Crippen MR) is 246 cm³/mol. The molecule has 0 bridgehead atoms. The van der Waals surface area contributed by atoms with Crippen LogP contribution in [0.3, 0.4) is 0 Å². The molecule has 0 atom stereocenters. The fourth-order valence-corrected chi connectivity index (χ4v) is 13.7. The maximum absolute atomic E-state index is 12.9. The Labute approximate surface area is 371 Å². The molecule has 6 aliphatic rings. The largest absolute Gasteiger partial charge is 0.490 e. The molecular formula is C47H65N6O5PS2. The molecule has 1 N–H and O–H groups in total. The number of aromatic nitrogens is 2. The predicted octanol–water partition coefficient (Wildman–Crippen LogP) is 9.64. The van der Waals surface area contributed by atoms with Crippen molar-refractivity contribution in [2.45, 2.75) is 128 Å². The summed E-state index contributed by atoms with van der Waals surface area (Å²) in [5.41, 5.74) is 4.76. The van der Waals surface area contributed by atoms with Crippen LogP contribution in [0.4, 0.5) is 0 Å². The number of nitrogens with zero attached hydrogens (tertiary/aromatic N) is 5. The van der Waals surface area contributed by atoms with E-state index in [1.165, 1.54) is 98.6 Å². The monoisotopic (exact) mass is 888 g/mol. The zero-order chi connectivity index (χ0) is 41.6. The van der Waals surface area contributed by atoms with Crippen LogP contribution in [0.15, 0.2) is 48.5 Å². The van der Waals surface area contributed by atoms with Crippen LogP contribution in [0.25, 0.3) is 21.1 Å². The van der Waals surface area contributed by atoms with Crippen molar-refractivity contribution in [2.75, 3.05) is 58.8 Å². The van der Waals surface area contributed by atoms with Gasteiger partial charge in [-0.1, -0.05) is 12.8 Å². The SMILES string of the molecule is CCOP(=O)(CN1CCc2nc(-c3ccc(OC4CC(N5CCCCC5)C4)cc3)sc2C1)OCC.c1cc(-c2nc3c(s2)CNCC3)ccc1OC1CC(N2CCCCC2)C1. The smallest absolute Gasteiger partial charge is 0.344 e. The Morgan fingerprint density at radius 2 is 1.15 bits per heavy atom. The van der Waals surface area contributed by atoms with Gasteiger partial charge in [0.1, 0.15) is 40.0 Å². The highest BCUT2D eigenvalue weighted by Crippen LogP contribution is 2.49. The van der Waals surface area contributed by atoms with Crippen LogP contribution in [0.1, 0.15) is 99.2 Å². The molecule has 4 fully saturated rings. The van der Waals surface area contributed by atoms with E-state index in [1.807, 2.05) is 25.2 Å². The van der Waals surface area contributed by atoms with Crippen LogP contribution in [0, 0.1) is 0 Å². The summed E-state index contributed by atoms with van der Waals surface area (Å²) in [6.45, 7) is 13.1. The Morgan fingerprint density at radius 3 is 1.64 bits per heavy atom. The summed E-state index contributed by atoms with van der Waals surface area (Å²) in [6, 6.07) is 18.4. The first-order valence-corrected chi connectivity index (χ1v) is 26.6. The Morgan fingerprint density at radius 1 is 0.656 bits per heavy atom. The average Bonchev–Trinajstić information content (AvgIpc) is 3.89. The number of hydrogen-bond donors (Lipinski definition) is 1. The first-order valence-electron chi connectivity index (χ1n) is 23.2. The maximum Gasteiger partial charge on any atom is 0.344 e. The molecule has 61 heavy (non-hydrogen) atoms. The van der Waals surface area contributed by atoms with E-state index in [0.29, 0.717) is 31.7 Å². The standard InChI is InChI=1S/C26H38N3O4PS.C21H27N3OS/c1-3-31-34(30,32-4-2)19-28-15-12-24-25(18-28)35-26(27-24)20-8-10-22(11-9-20)33-23-16-21(17-23)29-13-6-5-7-14-29;1-2-10-24(11-3-1)16-12-18(13-16)25-17-6-4-15(5-7-17)21-23-19-8-9-22-14-20(19)26-21/h8-11,21,23H,3-7,12-19H2,1-2H3;4-7,16,18,22H,1-3,8-14H2. The van der Waals surface area contributed by atoms with Crippen molar-refractivity contribution < 1.29 is 23.1 Å². The number of ether oxygens (including phenoxy) is 2. The van der Waals surface area contributed by atoms with Gasteiger partial charge in [0.15, 0.2) is 0 Å². The summed E-state index contributed by atoms with van der Waals surface area (Å²) in [5, 5.41) is 5.60. The van der Waals surface area contributed by atoms with Crippen LogP contribution >= 0.6 is 30.3 Å². The Bertz CT molecular complexity index is 2020. The number of fused-ring (bicyclic) bond motifs is 2. The number of nitrogens with one attached hydrogen (secondary N) is 1. The number of piperidine rings is 2. The van der Waals surface area contributed by atoms with E-state index in [2.05, 4.69) is 68.5 Å². The molecule has 2 saturated heterocycles. The van der Waals surface area contributed by atoms with Gasteiger partial charge in [0, 0.05) is 97.7 Å². The van der Waals surface area contributed by atoms with E-state index in [9.17, 15) is 4.57 Å². The van der Waals surface area contributed by atoms with Gasteiger partial charge in [-0.05, 0) is 114 Å². The lowest BCUT2D eigenvalue weighted by molar-refractivity contribution is 0.00878. The molecule has 2 aromatic carbocycles. The zero-order valence-corrected chi connectivity index (χ0v) is 38.8. The van der Waals surface area contributed by atoms with Gasteiger partial charge < -0.3 is 33.6 Å². The van der Waals surface area contributed by atoms with E-state index >= 15 is 0 Å². The van der Waals surface area contributed by atoms with Gasteiger partial charge in [-0.3, -0.25) is 9.46 Å². The third kappa shape index (κ3) is 11.0. The minimum Gasteiger partial charge on any atom is -0.490 e. The molecule has 0 spiro atoms. The highest BCUT2D eigenvalue weighted by atomic mass is 32.1. The van der Waals surface area contributed by atoms with E-state index < -0.39 is 7.60 Å². The van der Waals surface area contributed by atoms with Crippen molar-refractivity contribution in [2.24, 2.45) is 0 Å². The van der Waals surface area contributed by atoms with E-state index in [4.69, 9.17) is 28.5 Å². The molecule has 2 aromatic heterocycles. The van der Waals surface area contributed by atoms with Crippen molar-refractivity contribution in [1.29, 1.82) is 0 Å². The van der Waals surface area contributed by atoms with Crippen molar-refractivity contribution in [3.05, 3.63) is 69.7 Å². The van der Waals surface area contributed by atoms with Crippen LogP contribution in [0.2, 0.25) is 0 Å². The second-order valence-corrected chi connectivity index (χ2v) is 21.8. The molecule has 2 saturated carbocycles. The van der Waals surface area contributed by atoms with Gasteiger partial charge in [0.05, 0.1) is 24.6 Å². The third-order valence-electron chi connectivity index (χ3n) is 13.2. The lowest BCUT2D eigenvalue weighted by Crippen LogP contribution is -2.50. The molecule has 0 amide bonds. The zero-order valence-electron chi connectivity index (χ0n) is 36.2. The molecule has 4 aliphatic heterocycles. The van der Waals surface area contributed by atoms with Gasteiger partial charge >= 0.3 is 7.60 Å². The highest BCUT2D eigenvalue weighted by molar-refractivity contribution is 7.53. The maximum atomic E-state index is 12.9. The normalized spacial score (nSPS) is 24.7. The summed E-state index contributed by atoms with van der Waals surface area (Å²) in [7, 11) is -3.08. The fraction of sp³-hybridized carbons (Fsp3) is 0.617. The third-order valence-corrected chi connectivity index (χ3v) is 17.5. The molecule has 0 unspecified atom stereocenters. The van der Waals surface area contributed by atoms with Crippen molar-refractivity contribution in [1.82, 2.24) is 30.0 Å². The summed E-state index contributed by atoms with van der Waals surface area (Å²) < 4.78 is 36.3. The minimum absolute atomic E-state index is 0.327. The molecule has 10 rings (SSSR count).